The molecule has 2 rings (SSSR count). The molecule has 0 saturated heterocycles. The highest BCUT2D eigenvalue weighted by atomic mass is 32.1. The van der Waals surface area contributed by atoms with Crippen molar-refractivity contribution in [2.75, 3.05) is 0 Å². The molecule has 0 aliphatic carbocycles. The summed E-state index contributed by atoms with van der Waals surface area (Å²) >= 11 is 1.44. The van der Waals surface area contributed by atoms with Gasteiger partial charge in [-0.2, -0.15) is 0 Å². The molecule has 1 aromatic heterocycles. The summed E-state index contributed by atoms with van der Waals surface area (Å²) in [6, 6.07) is 1.72. The first-order valence-electron chi connectivity index (χ1n) is 4.61. The van der Waals surface area contributed by atoms with Crippen molar-refractivity contribution in [2.24, 2.45) is 0 Å². The first kappa shape index (κ1) is 10.1. The number of hydrogen-bond donors (Lipinski definition) is 1. The molecule has 0 radical (unpaired) electrons. The van der Waals surface area contributed by atoms with E-state index >= 15 is 0 Å². The first-order chi connectivity index (χ1) is 7.00. The molecule has 1 aromatic carbocycles. The van der Waals surface area contributed by atoms with Crippen LogP contribution in [-0.2, 0) is 0 Å². The summed E-state index contributed by atoms with van der Waals surface area (Å²) in [5, 5.41) is 9.99. The maximum absolute atomic E-state index is 11.1. The predicted molar refractivity (Wildman–Crippen MR) is 60.8 cm³/mol. The second kappa shape index (κ2) is 3.31. The van der Waals surface area contributed by atoms with E-state index in [1.807, 2.05) is 20.8 Å². The standard InChI is InChI=1S/C11H11NO2S/c1-5-4-8(11(13)14)10-9(6(5)2)12-7(3)15-10/h4H,1-3H3,(H,13,14). The number of thiazole rings is 1. The van der Waals surface area contributed by atoms with E-state index in [2.05, 4.69) is 4.98 Å². The number of aromatic nitrogens is 1. The van der Waals surface area contributed by atoms with Crippen LogP contribution in [-0.4, -0.2) is 16.1 Å². The molecule has 1 heterocycles. The number of rotatable bonds is 1. The molecule has 0 aliphatic rings. The Kier molecular flexibility index (Phi) is 2.23. The molecule has 1 N–H and O–H groups in total. The molecular formula is C11H11NO2S. The Morgan fingerprint density at radius 2 is 2.07 bits per heavy atom. The SMILES string of the molecule is Cc1nc2c(C)c(C)cc(C(=O)O)c2s1. The number of nitrogens with zero attached hydrogens (tertiary/aromatic N) is 1. The maximum atomic E-state index is 11.1. The minimum atomic E-state index is -0.883. The van der Waals surface area contributed by atoms with Crippen LogP contribution < -0.4 is 0 Å². The maximum Gasteiger partial charge on any atom is 0.337 e. The third kappa shape index (κ3) is 1.51. The molecule has 4 heteroatoms. The van der Waals surface area contributed by atoms with Crippen molar-refractivity contribution in [3.63, 3.8) is 0 Å². The van der Waals surface area contributed by atoms with Gasteiger partial charge in [0.2, 0.25) is 0 Å². The highest BCUT2D eigenvalue weighted by Gasteiger charge is 2.15. The van der Waals surface area contributed by atoms with Crippen molar-refractivity contribution in [2.45, 2.75) is 20.8 Å². The van der Waals surface area contributed by atoms with Crippen molar-refractivity contribution < 1.29 is 9.90 Å². The van der Waals surface area contributed by atoms with E-state index in [1.165, 1.54) is 11.3 Å². The average Bonchev–Trinajstić information content (AvgIpc) is 2.53. The molecule has 3 nitrogen and oxygen atoms in total. The van der Waals surface area contributed by atoms with Crippen LogP contribution in [0.4, 0.5) is 0 Å². The van der Waals surface area contributed by atoms with Gasteiger partial charge in [0.15, 0.2) is 0 Å². The zero-order valence-corrected chi connectivity index (χ0v) is 9.60. The van der Waals surface area contributed by atoms with Gasteiger partial charge in [-0.1, -0.05) is 0 Å². The Labute approximate surface area is 91.4 Å². The van der Waals surface area contributed by atoms with Crippen LogP contribution in [0.1, 0.15) is 26.5 Å². The zero-order chi connectivity index (χ0) is 11.2. The van der Waals surface area contributed by atoms with Crippen molar-refractivity contribution in [1.82, 2.24) is 4.98 Å². The quantitative estimate of drug-likeness (QED) is 0.805. The number of aryl methyl sites for hydroxylation is 3. The Morgan fingerprint density at radius 3 is 2.67 bits per heavy atom. The number of benzene rings is 1. The van der Waals surface area contributed by atoms with Gasteiger partial charge in [0.25, 0.3) is 0 Å². The zero-order valence-electron chi connectivity index (χ0n) is 8.79. The summed E-state index contributed by atoms with van der Waals surface area (Å²) in [7, 11) is 0. The molecule has 0 atom stereocenters. The molecule has 0 amide bonds. The summed E-state index contributed by atoms with van der Waals surface area (Å²) in [6.45, 7) is 5.78. The van der Waals surface area contributed by atoms with E-state index < -0.39 is 5.97 Å². The van der Waals surface area contributed by atoms with Gasteiger partial charge in [-0.25, -0.2) is 9.78 Å². The largest absolute Gasteiger partial charge is 0.478 e. The number of aromatic carboxylic acids is 1. The Balaban J connectivity index is 2.93. The minimum absolute atomic E-state index is 0.360. The van der Waals surface area contributed by atoms with Crippen molar-refractivity contribution >= 4 is 27.5 Å². The van der Waals surface area contributed by atoms with E-state index in [4.69, 9.17) is 5.11 Å². The number of fused-ring (bicyclic) bond motifs is 1. The van der Waals surface area contributed by atoms with Gasteiger partial charge in [0.1, 0.15) is 0 Å². The van der Waals surface area contributed by atoms with Crippen LogP contribution in [0.15, 0.2) is 6.07 Å². The molecule has 15 heavy (non-hydrogen) atoms. The average molecular weight is 221 g/mol. The van der Waals surface area contributed by atoms with E-state index in [-0.39, 0.29) is 0 Å². The normalized spacial score (nSPS) is 10.9. The fourth-order valence-electron chi connectivity index (χ4n) is 1.60. The van der Waals surface area contributed by atoms with Crippen LogP contribution in [0.25, 0.3) is 10.2 Å². The molecular weight excluding hydrogens is 210 g/mol. The number of carbonyl (C=O) groups is 1. The number of hydrogen-bond acceptors (Lipinski definition) is 3. The Hall–Kier alpha value is -1.42. The molecule has 0 saturated carbocycles. The van der Waals surface area contributed by atoms with Crippen LogP contribution in [0.2, 0.25) is 0 Å². The molecule has 0 unspecified atom stereocenters. The third-order valence-electron chi connectivity index (χ3n) is 2.52. The van der Waals surface area contributed by atoms with Gasteiger partial charge in [-0.05, 0) is 38.0 Å². The summed E-state index contributed by atoms with van der Waals surface area (Å²) in [6.07, 6.45) is 0. The summed E-state index contributed by atoms with van der Waals surface area (Å²) < 4.78 is 0.781. The fourth-order valence-corrected chi connectivity index (χ4v) is 2.58. The summed E-state index contributed by atoms with van der Waals surface area (Å²) in [5.41, 5.74) is 3.23. The van der Waals surface area contributed by atoms with Crippen molar-refractivity contribution in [3.05, 3.63) is 27.8 Å². The van der Waals surface area contributed by atoms with E-state index in [0.717, 1.165) is 26.4 Å². The lowest BCUT2D eigenvalue weighted by Crippen LogP contribution is -1.98. The second-order valence-electron chi connectivity index (χ2n) is 3.58. The van der Waals surface area contributed by atoms with Crippen LogP contribution in [0.5, 0.6) is 0 Å². The van der Waals surface area contributed by atoms with Crippen LogP contribution in [0, 0.1) is 20.8 Å². The molecule has 0 spiro atoms. The van der Waals surface area contributed by atoms with Crippen LogP contribution in [0.3, 0.4) is 0 Å². The topological polar surface area (TPSA) is 50.2 Å². The molecule has 0 bridgehead atoms. The molecule has 78 valence electrons. The number of carboxylic acids is 1. The minimum Gasteiger partial charge on any atom is -0.478 e. The van der Waals surface area contributed by atoms with Gasteiger partial charge in [-0.15, -0.1) is 11.3 Å². The van der Waals surface area contributed by atoms with Crippen molar-refractivity contribution in [3.8, 4) is 0 Å². The molecule has 0 aliphatic heterocycles. The summed E-state index contributed by atoms with van der Waals surface area (Å²) in [4.78, 5) is 15.4. The fraction of sp³-hybridized carbons (Fsp3) is 0.273. The highest BCUT2D eigenvalue weighted by molar-refractivity contribution is 7.19. The highest BCUT2D eigenvalue weighted by Crippen LogP contribution is 2.30. The molecule has 0 fully saturated rings. The van der Waals surface area contributed by atoms with Gasteiger partial charge in [-0.3, -0.25) is 0 Å². The lowest BCUT2D eigenvalue weighted by atomic mass is 10.0. The summed E-state index contributed by atoms with van der Waals surface area (Å²) in [5.74, 6) is -0.883. The lowest BCUT2D eigenvalue weighted by Gasteiger charge is -2.03. The van der Waals surface area contributed by atoms with Gasteiger partial charge in [0, 0.05) is 0 Å². The molecule has 2 aromatic rings. The second-order valence-corrected chi connectivity index (χ2v) is 4.78. The van der Waals surface area contributed by atoms with E-state index in [1.54, 1.807) is 6.07 Å². The predicted octanol–water partition coefficient (Wildman–Crippen LogP) is 2.92. The van der Waals surface area contributed by atoms with E-state index in [0.29, 0.717) is 5.56 Å². The van der Waals surface area contributed by atoms with Gasteiger partial charge in [0.05, 0.1) is 20.8 Å². The van der Waals surface area contributed by atoms with Gasteiger partial charge < -0.3 is 5.11 Å². The van der Waals surface area contributed by atoms with E-state index in [9.17, 15) is 4.79 Å². The Bertz CT molecular complexity index is 557. The third-order valence-corrected chi connectivity index (χ3v) is 3.52. The number of carboxylic acid groups (broad SMARTS) is 1. The first-order valence-corrected chi connectivity index (χ1v) is 5.43. The van der Waals surface area contributed by atoms with Crippen molar-refractivity contribution in [1.29, 1.82) is 0 Å². The Morgan fingerprint density at radius 1 is 1.40 bits per heavy atom. The van der Waals surface area contributed by atoms with Gasteiger partial charge >= 0.3 is 5.97 Å². The lowest BCUT2D eigenvalue weighted by molar-refractivity contribution is 0.0699. The van der Waals surface area contributed by atoms with Crippen LogP contribution >= 0.6 is 11.3 Å². The smallest absolute Gasteiger partial charge is 0.337 e. The monoisotopic (exact) mass is 221 g/mol.